The average Bonchev–Trinajstić information content (AvgIpc) is 3.17. The molecule has 12 heteroatoms. The molecule has 2 heterocycles. The van der Waals surface area contributed by atoms with Gasteiger partial charge in [0.15, 0.2) is 6.29 Å². The van der Waals surface area contributed by atoms with Crippen molar-refractivity contribution in [1.29, 1.82) is 0 Å². The Balaban J connectivity index is 1.17. The lowest BCUT2D eigenvalue weighted by molar-refractivity contribution is -0.384. The Morgan fingerprint density at radius 2 is 1.54 bits per heavy atom. The van der Waals surface area contributed by atoms with Gasteiger partial charge in [-0.1, -0.05) is 67.6 Å². The fraction of sp³-hybridized carbons (Fsp3) is 0.350. The zero-order chi connectivity index (χ0) is 36.6. The summed E-state index contributed by atoms with van der Waals surface area (Å²) in [4.78, 5) is 38.3. The number of nitrogens with one attached hydrogen (secondary N) is 1. The minimum atomic E-state index is -1.01. The number of anilines is 1. The molecule has 3 N–H and O–H groups in total. The number of non-ortho nitro benzene ring substituents is 1. The molecule has 6 rings (SSSR count). The number of rotatable bonds is 13. The van der Waals surface area contributed by atoms with E-state index in [-0.39, 0.29) is 54.1 Å². The maximum atomic E-state index is 12.1. The van der Waals surface area contributed by atoms with E-state index in [9.17, 15) is 24.8 Å². The van der Waals surface area contributed by atoms with E-state index >= 15 is 0 Å². The van der Waals surface area contributed by atoms with Crippen LogP contribution >= 0.6 is 0 Å². The number of benzene rings is 4. The first-order valence-electron chi connectivity index (χ1n) is 17.6. The zero-order valence-electron chi connectivity index (χ0n) is 29.1. The number of aliphatic hydroxyl groups excluding tert-OH is 1. The van der Waals surface area contributed by atoms with Crippen LogP contribution in [0.15, 0.2) is 97.1 Å². The number of hydrogen-bond acceptors (Lipinski definition) is 9. The molecule has 2 fully saturated rings. The van der Waals surface area contributed by atoms with Crippen LogP contribution in [0.5, 0.6) is 0 Å². The summed E-state index contributed by atoms with van der Waals surface area (Å²) in [5.41, 5.74) is 6.59. The largest absolute Gasteiger partial charge is 0.481 e. The summed E-state index contributed by atoms with van der Waals surface area (Å²) in [6.45, 7) is 6.33. The second-order valence-corrected chi connectivity index (χ2v) is 13.4. The van der Waals surface area contributed by atoms with E-state index in [2.05, 4.69) is 28.1 Å². The van der Waals surface area contributed by atoms with Crippen LogP contribution in [0.1, 0.15) is 54.4 Å². The van der Waals surface area contributed by atoms with Crippen molar-refractivity contribution in [2.45, 2.75) is 51.4 Å². The molecule has 0 unspecified atom stereocenters. The van der Waals surface area contributed by atoms with Gasteiger partial charge in [-0.3, -0.25) is 24.6 Å². The van der Waals surface area contributed by atoms with Gasteiger partial charge in [-0.2, -0.15) is 0 Å². The van der Waals surface area contributed by atoms with Crippen LogP contribution in [-0.2, 0) is 32.2 Å². The molecule has 52 heavy (non-hydrogen) atoms. The summed E-state index contributed by atoms with van der Waals surface area (Å²) in [6.07, 6.45) is -1.32. The van der Waals surface area contributed by atoms with Crippen LogP contribution in [0.4, 0.5) is 11.4 Å². The van der Waals surface area contributed by atoms with Crippen LogP contribution in [0, 0.1) is 16.0 Å². The molecule has 0 spiro atoms. The second-order valence-electron chi connectivity index (χ2n) is 13.4. The summed E-state index contributed by atoms with van der Waals surface area (Å²) < 4.78 is 13.5. The quantitative estimate of drug-likeness (QED) is 0.114. The van der Waals surface area contributed by atoms with Gasteiger partial charge in [0, 0.05) is 75.0 Å². The number of carboxylic acid groups (broad SMARTS) is 1. The van der Waals surface area contributed by atoms with Gasteiger partial charge in [0.25, 0.3) is 5.69 Å². The van der Waals surface area contributed by atoms with E-state index < -0.39 is 12.3 Å². The topological polar surface area (TPSA) is 155 Å². The lowest BCUT2D eigenvalue weighted by atomic mass is 9.89. The molecule has 4 aromatic rings. The van der Waals surface area contributed by atoms with Crippen molar-refractivity contribution in [1.82, 2.24) is 10.2 Å². The van der Waals surface area contributed by atoms with E-state index in [0.29, 0.717) is 13.1 Å². The number of aliphatic carboxylic acids is 1. The number of nitrogens with zero attached hydrogens (tertiary/aromatic N) is 3. The van der Waals surface area contributed by atoms with Crippen molar-refractivity contribution in [3.8, 4) is 11.1 Å². The fourth-order valence-electron chi connectivity index (χ4n) is 6.79. The lowest BCUT2D eigenvalue weighted by Crippen LogP contribution is -2.51. The molecular weight excluding hydrogens is 664 g/mol. The molecule has 1 amide bonds. The third kappa shape index (κ3) is 9.20. The van der Waals surface area contributed by atoms with Crippen LogP contribution in [0.3, 0.4) is 0 Å². The van der Waals surface area contributed by atoms with Gasteiger partial charge >= 0.3 is 5.97 Å². The standard InChI is InChI=1S/C40H44N4O8/c1-27-36(25-42-18-20-43(21-19-42)34-12-14-35(15-13-34)44(49)50)51-40(52-39(27)30-10-8-28(26-45)9-11-30)33-7-3-6-32(23-33)31-5-2-4-29(22-31)24-41-37(46)16-17-38(47)48/h2-15,22-23,27,36,39-40,45H,16-21,24-26H2,1H3,(H,41,46)(H,47,48)/t27-,36+,39+,40+/m1/s1. The molecule has 2 saturated heterocycles. The van der Waals surface area contributed by atoms with E-state index in [0.717, 1.165) is 65.2 Å². The molecule has 4 aromatic carbocycles. The highest BCUT2D eigenvalue weighted by atomic mass is 16.7. The van der Waals surface area contributed by atoms with Crippen LogP contribution in [0.25, 0.3) is 11.1 Å². The summed E-state index contributed by atoms with van der Waals surface area (Å²) in [5, 5.41) is 32.4. The first-order chi connectivity index (χ1) is 25.2. The lowest BCUT2D eigenvalue weighted by Gasteiger charge is -2.44. The Morgan fingerprint density at radius 3 is 2.21 bits per heavy atom. The van der Waals surface area contributed by atoms with Gasteiger partial charge < -0.3 is 29.9 Å². The number of amides is 1. The molecule has 12 nitrogen and oxygen atoms in total. The number of piperazine rings is 1. The van der Waals surface area contributed by atoms with Gasteiger partial charge in [-0.15, -0.1) is 0 Å². The Hall–Kier alpha value is -5.14. The summed E-state index contributed by atoms with van der Waals surface area (Å²) in [5.74, 6) is -1.29. The van der Waals surface area contributed by atoms with Gasteiger partial charge in [0.2, 0.25) is 5.91 Å². The van der Waals surface area contributed by atoms with E-state index in [4.69, 9.17) is 14.6 Å². The third-order valence-electron chi connectivity index (χ3n) is 9.83. The highest BCUT2D eigenvalue weighted by Crippen LogP contribution is 2.42. The van der Waals surface area contributed by atoms with Gasteiger partial charge in [-0.25, -0.2) is 0 Å². The normalized spacial score (nSPS) is 20.7. The Labute approximate surface area is 302 Å². The van der Waals surface area contributed by atoms with Crippen LogP contribution in [0.2, 0.25) is 0 Å². The fourth-order valence-corrected chi connectivity index (χ4v) is 6.79. The summed E-state index contributed by atoms with van der Waals surface area (Å²) in [7, 11) is 0. The highest BCUT2D eigenvalue weighted by Gasteiger charge is 2.39. The van der Waals surface area contributed by atoms with E-state index in [1.54, 1.807) is 12.1 Å². The third-order valence-corrected chi connectivity index (χ3v) is 9.83. The number of ether oxygens (including phenoxy) is 2. The molecule has 2 aliphatic rings. The predicted octanol–water partition coefficient (Wildman–Crippen LogP) is 5.85. The molecule has 0 aromatic heterocycles. The number of nitro groups is 1. The maximum absolute atomic E-state index is 12.1. The summed E-state index contributed by atoms with van der Waals surface area (Å²) in [6, 6.07) is 30.5. The van der Waals surface area contributed by atoms with Gasteiger partial charge in [0.05, 0.1) is 30.2 Å². The average molecular weight is 709 g/mol. The Kier molecular flexibility index (Phi) is 11.9. The van der Waals surface area contributed by atoms with Crippen molar-refractivity contribution in [2.75, 3.05) is 37.6 Å². The molecule has 4 atom stereocenters. The van der Waals surface area contributed by atoms with Crippen molar-refractivity contribution in [3.63, 3.8) is 0 Å². The molecule has 0 bridgehead atoms. The number of aliphatic hydroxyl groups is 1. The number of hydrogen-bond donors (Lipinski definition) is 3. The Bertz CT molecular complexity index is 1840. The van der Waals surface area contributed by atoms with Crippen molar-refractivity contribution < 1.29 is 34.2 Å². The highest BCUT2D eigenvalue weighted by molar-refractivity contribution is 5.80. The van der Waals surface area contributed by atoms with E-state index in [1.165, 1.54) is 0 Å². The minimum Gasteiger partial charge on any atom is -0.481 e. The number of carbonyl (C=O) groups excluding carboxylic acids is 1. The summed E-state index contributed by atoms with van der Waals surface area (Å²) >= 11 is 0. The molecule has 0 saturated carbocycles. The number of carboxylic acids is 1. The van der Waals surface area contributed by atoms with Crippen molar-refractivity contribution >= 4 is 23.3 Å². The predicted molar refractivity (Wildman–Crippen MR) is 195 cm³/mol. The zero-order valence-corrected chi connectivity index (χ0v) is 29.1. The monoisotopic (exact) mass is 708 g/mol. The van der Waals surface area contributed by atoms with Crippen molar-refractivity contribution in [2.24, 2.45) is 5.92 Å². The smallest absolute Gasteiger partial charge is 0.303 e. The first kappa shape index (κ1) is 36.6. The van der Waals surface area contributed by atoms with E-state index in [1.807, 2.05) is 78.9 Å². The second kappa shape index (κ2) is 16.9. The molecule has 272 valence electrons. The molecule has 0 aliphatic carbocycles. The van der Waals surface area contributed by atoms with Crippen LogP contribution < -0.4 is 10.2 Å². The molecule has 0 radical (unpaired) electrons. The maximum Gasteiger partial charge on any atom is 0.303 e. The molecular formula is C40H44N4O8. The number of carbonyl (C=O) groups is 2. The first-order valence-corrected chi connectivity index (χ1v) is 17.6. The van der Waals surface area contributed by atoms with Crippen molar-refractivity contribution in [3.05, 3.63) is 129 Å². The number of nitro benzene ring substituents is 1. The van der Waals surface area contributed by atoms with Gasteiger partial charge in [-0.05, 0) is 52.1 Å². The minimum absolute atomic E-state index is 0.0227. The van der Waals surface area contributed by atoms with Crippen LogP contribution in [-0.4, -0.2) is 70.7 Å². The molecule has 2 aliphatic heterocycles. The Morgan fingerprint density at radius 1 is 0.846 bits per heavy atom. The SMILES string of the molecule is C[C@@H]1[C@H](CN2CCN(c3ccc([N+](=O)[O-])cc3)CC2)O[C@H](c2cccc(-c3cccc(CNC(=O)CCC(=O)O)c3)c2)O[C@@H]1c1ccc(CO)cc1. The van der Waals surface area contributed by atoms with Gasteiger partial charge in [0.1, 0.15) is 0 Å².